The zero-order chi connectivity index (χ0) is 12.0. The molecule has 0 bridgehead atoms. The fraction of sp³-hybridized carbons (Fsp3) is 0.500. The van der Waals surface area contributed by atoms with Crippen LogP contribution < -0.4 is 5.73 Å². The van der Waals surface area contributed by atoms with Gasteiger partial charge in [-0.25, -0.2) is 0 Å². The second kappa shape index (κ2) is 6.23. The molecular weight excluding hydrogens is 206 g/mol. The number of epoxide rings is 1. The molecule has 0 aromatic heterocycles. The summed E-state index contributed by atoms with van der Waals surface area (Å²) in [7, 11) is 0. The summed E-state index contributed by atoms with van der Waals surface area (Å²) >= 11 is 0. The van der Waals surface area contributed by atoms with Gasteiger partial charge in [0.15, 0.2) is 18.0 Å². The summed E-state index contributed by atoms with van der Waals surface area (Å²) in [6.07, 6.45) is 8.68. The molecule has 1 saturated heterocycles. The van der Waals surface area contributed by atoms with Gasteiger partial charge in [0, 0.05) is 6.42 Å². The fourth-order valence-electron chi connectivity index (χ4n) is 1.37. The summed E-state index contributed by atoms with van der Waals surface area (Å²) in [6, 6.07) is 0. The Morgan fingerprint density at radius 2 is 2.00 bits per heavy atom. The lowest BCUT2D eigenvalue weighted by atomic mass is 10.1. The van der Waals surface area contributed by atoms with Gasteiger partial charge in [-0.3, -0.25) is 9.59 Å². The molecule has 88 valence electrons. The predicted octanol–water partition coefficient (Wildman–Crippen LogP) is 1.11. The molecule has 0 unspecified atom stereocenters. The monoisotopic (exact) mass is 223 g/mol. The van der Waals surface area contributed by atoms with E-state index < -0.39 is 18.1 Å². The van der Waals surface area contributed by atoms with Gasteiger partial charge in [0.25, 0.3) is 0 Å². The Morgan fingerprint density at radius 1 is 1.25 bits per heavy atom. The van der Waals surface area contributed by atoms with Crippen LogP contribution in [0.3, 0.4) is 0 Å². The lowest BCUT2D eigenvalue weighted by molar-refractivity contribution is -0.121. The van der Waals surface area contributed by atoms with Gasteiger partial charge < -0.3 is 10.5 Å². The molecule has 2 N–H and O–H groups in total. The number of ketones is 1. The van der Waals surface area contributed by atoms with Crippen molar-refractivity contribution in [3.05, 3.63) is 24.3 Å². The van der Waals surface area contributed by atoms with Crippen molar-refractivity contribution >= 4 is 11.7 Å². The third kappa shape index (κ3) is 3.98. The standard InChI is InChI=1S/C12H17NO3/c1-2-3-4-5-6-7-8-9(14)10-11(16-10)12(13)15/h2-3,5-6,10-11H,4,7-8H2,1H3,(H2,13,15)/b3-2-,6-5-/t10-,11-/m1/s1. The first-order valence-corrected chi connectivity index (χ1v) is 5.40. The van der Waals surface area contributed by atoms with Crippen LogP contribution in [-0.2, 0) is 14.3 Å². The Balaban J connectivity index is 2.12. The summed E-state index contributed by atoms with van der Waals surface area (Å²) in [5, 5.41) is 0. The number of carbonyl (C=O) groups excluding carboxylic acids is 2. The number of hydrogen-bond acceptors (Lipinski definition) is 3. The van der Waals surface area contributed by atoms with E-state index in [2.05, 4.69) is 0 Å². The van der Waals surface area contributed by atoms with Crippen molar-refractivity contribution in [2.24, 2.45) is 5.73 Å². The number of allylic oxidation sites excluding steroid dienone is 4. The molecule has 0 radical (unpaired) electrons. The number of ether oxygens (including phenoxy) is 1. The van der Waals surface area contributed by atoms with Gasteiger partial charge in [0.1, 0.15) is 0 Å². The highest BCUT2D eigenvalue weighted by Gasteiger charge is 2.48. The van der Waals surface area contributed by atoms with Crippen LogP contribution in [0.2, 0.25) is 0 Å². The first-order valence-electron chi connectivity index (χ1n) is 5.40. The maximum Gasteiger partial charge on any atom is 0.249 e. The Kier molecular flexibility index (Phi) is 4.92. The highest BCUT2D eigenvalue weighted by molar-refractivity contribution is 5.95. The molecule has 1 fully saturated rings. The molecule has 0 saturated carbocycles. The number of nitrogens with two attached hydrogens (primary N) is 1. The molecule has 2 atom stereocenters. The van der Waals surface area contributed by atoms with Crippen LogP contribution in [0.15, 0.2) is 24.3 Å². The number of primary amides is 1. The van der Waals surface area contributed by atoms with Gasteiger partial charge in [-0.15, -0.1) is 0 Å². The highest BCUT2D eigenvalue weighted by Crippen LogP contribution is 2.24. The summed E-state index contributed by atoms with van der Waals surface area (Å²) in [6.45, 7) is 1.96. The van der Waals surface area contributed by atoms with E-state index in [-0.39, 0.29) is 5.78 Å². The van der Waals surface area contributed by atoms with Gasteiger partial charge in [0.05, 0.1) is 0 Å². The molecule has 0 spiro atoms. The van der Waals surface area contributed by atoms with Crippen LogP contribution in [0.25, 0.3) is 0 Å². The van der Waals surface area contributed by atoms with E-state index in [1.165, 1.54) is 0 Å². The maximum atomic E-state index is 11.4. The molecule has 4 nitrogen and oxygen atoms in total. The predicted molar refractivity (Wildman–Crippen MR) is 60.7 cm³/mol. The SMILES string of the molecule is C/C=C\C/C=C\CCC(=O)[C@H]1O[C@H]1C(N)=O. The van der Waals surface area contributed by atoms with Crippen LogP contribution in [0, 0.1) is 0 Å². The molecule has 1 aliphatic rings. The van der Waals surface area contributed by atoms with Gasteiger partial charge in [-0.05, 0) is 19.8 Å². The number of carbonyl (C=O) groups is 2. The molecule has 1 rings (SSSR count). The van der Waals surface area contributed by atoms with Crippen LogP contribution >= 0.6 is 0 Å². The number of amides is 1. The third-order valence-electron chi connectivity index (χ3n) is 2.32. The lowest BCUT2D eigenvalue weighted by Gasteiger charge is -1.92. The first kappa shape index (κ1) is 12.6. The molecule has 1 aliphatic heterocycles. The van der Waals surface area contributed by atoms with Crippen molar-refractivity contribution < 1.29 is 14.3 Å². The third-order valence-corrected chi connectivity index (χ3v) is 2.32. The number of rotatable bonds is 7. The van der Waals surface area contributed by atoms with Crippen molar-refractivity contribution in [3.8, 4) is 0 Å². The molecule has 1 heterocycles. The fourth-order valence-corrected chi connectivity index (χ4v) is 1.37. The van der Waals surface area contributed by atoms with Crippen molar-refractivity contribution in [3.63, 3.8) is 0 Å². The van der Waals surface area contributed by atoms with Crippen LogP contribution in [0.5, 0.6) is 0 Å². The average molecular weight is 223 g/mol. The zero-order valence-corrected chi connectivity index (χ0v) is 9.39. The molecule has 4 heteroatoms. The highest BCUT2D eigenvalue weighted by atomic mass is 16.6. The van der Waals surface area contributed by atoms with E-state index in [0.29, 0.717) is 12.8 Å². The van der Waals surface area contributed by atoms with Crippen molar-refractivity contribution in [1.82, 2.24) is 0 Å². The summed E-state index contributed by atoms with van der Waals surface area (Å²) < 4.78 is 4.88. The van der Waals surface area contributed by atoms with E-state index >= 15 is 0 Å². The normalized spacial score (nSPS) is 24.1. The van der Waals surface area contributed by atoms with Crippen molar-refractivity contribution in [2.45, 2.75) is 38.4 Å². The van der Waals surface area contributed by atoms with Gasteiger partial charge >= 0.3 is 0 Å². The van der Waals surface area contributed by atoms with Crippen molar-refractivity contribution in [1.29, 1.82) is 0 Å². The zero-order valence-electron chi connectivity index (χ0n) is 9.39. The van der Waals surface area contributed by atoms with Gasteiger partial charge in [0.2, 0.25) is 5.91 Å². The van der Waals surface area contributed by atoms with Crippen molar-refractivity contribution in [2.75, 3.05) is 0 Å². The van der Waals surface area contributed by atoms with Crippen LogP contribution in [0.1, 0.15) is 26.2 Å². The minimum Gasteiger partial charge on any atom is -0.367 e. The molecular formula is C12H17NO3. The van der Waals surface area contributed by atoms with E-state index in [0.717, 1.165) is 6.42 Å². The van der Waals surface area contributed by atoms with Crippen LogP contribution in [-0.4, -0.2) is 23.9 Å². The second-order valence-electron chi connectivity index (χ2n) is 3.66. The Hall–Kier alpha value is -1.42. The Bertz CT molecular complexity index is 320. The Labute approximate surface area is 95.1 Å². The van der Waals surface area contributed by atoms with Crippen LogP contribution in [0.4, 0.5) is 0 Å². The quantitative estimate of drug-likeness (QED) is 0.519. The topological polar surface area (TPSA) is 72.7 Å². The molecule has 0 aromatic rings. The number of hydrogen-bond donors (Lipinski definition) is 1. The van der Waals surface area contributed by atoms with E-state index in [1.807, 2.05) is 31.2 Å². The van der Waals surface area contributed by atoms with Gasteiger partial charge in [-0.2, -0.15) is 0 Å². The minimum absolute atomic E-state index is 0.0421. The molecule has 16 heavy (non-hydrogen) atoms. The van der Waals surface area contributed by atoms with E-state index in [4.69, 9.17) is 10.5 Å². The summed E-state index contributed by atoms with van der Waals surface area (Å²) in [4.78, 5) is 22.1. The molecule has 1 amide bonds. The maximum absolute atomic E-state index is 11.4. The Morgan fingerprint density at radius 3 is 2.56 bits per heavy atom. The summed E-state index contributed by atoms with van der Waals surface area (Å²) in [5.74, 6) is -0.596. The first-order chi connectivity index (χ1) is 7.66. The van der Waals surface area contributed by atoms with E-state index in [9.17, 15) is 9.59 Å². The average Bonchev–Trinajstić information content (AvgIpc) is 3.02. The van der Waals surface area contributed by atoms with E-state index in [1.54, 1.807) is 0 Å². The number of Topliss-reactive ketones (excluding diaryl/α,β-unsaturated/α-hetero) is 1. The minimum atomic E-state index is -0.681. The largest absolute Gasteiger partial charge is 0.367 e. The lowest BCUT2D eigenvalue weighted by Crippen LogP contribution is -2.22. The van der Waals surface area contributed by atoms with Gasteiger partial charge in [-0.1, -0.05) is 24.3 Å². The summed E-state index contributed by atoms with van der Waals surface area (Å²) in [5.41, 5.74) is 5.00. The smallest absolute Gasteiger partial charge is 0.249 e. The molecule has 0 aliphatic carbocycles. The molecule has 0 aromatic carbocycles. The second-order valence-corrected chi connectivity index (χ2v) is 3.66.